The van der Waals surface area contributed by atoms with Crippen molar-refractivity contribution in [3.8, 4) is 0 Å². The Kier molecular flexibility index (Phi) is 4.58. The molecular weight excluding hydrogens is 168 g/mol. The van der Waals surface area contributed by atoms with Crippen LogP contribution in [0.4, 0.5) is 0 Å². The van der Waals surface area contributed by atoms with Gasteiger partial charge in [0.15, 0.2) is 0 Å². The van der Waals surface area contributed by atoms with Crippen molar-refractivity contribution in [3.05, 3.63) is 0 Å². The van der Waals surface area contributed by atoms with Crippen LogP contribution in [-0.4, -0.2) is 35.2 Å². The molecule has 0 fully saturated rings. The van der Waals surface area contributed by atoms with Crippen LogP contribution in [0.1, 0.15) is 6.92 Å². The SMILES string of the molecule is CNS(=O)(=O)NCC(C)OC. The number of nitrogens with one attached hydrogen (secondary N) is 2. The third kappa shape index (κ3) is 5.14. The summed E-state index contributed by atoms with van der Waals surface area (Å²) < 4.78 is 30.7. The molecule has 5 nitrogen and oxygen atoms in total. The first-order valence-electron chi connectivity index (χ1n) is 3.22. The second kappa shape index (κ2) is 4.66. The predicted octanol–water partition coefficient (Wildman–Crippen LogP) is -0.925. The van der Waals surface area contributed by atoms with Crippen molar-refractivity contribution in [2.75, 3.05) is 20.7 Å². The normalized spacial score (nSPS) is 14.8. The van der Waals surface area contributed by atoms with Gasteiger partial charge in [-0.1, -0.05) is 0 Å². The van der Waals surface area contributed by atoms with Gasteiger partial charge in [0.25, 0.3) is 10.2 Å². The molecule has 11 heavy (non-hydrogen) atoms. The zero-order chi connectivity index (χ0) is 8.91. The van der Waals surface area contributed by atoms with Gasteiger partial charge in [0.1, 0.15) is 0 Å². The van der Waals surface area contributed by atoms with E-state index in [9.17, 15) is 8.42 Å². The summed E-state index contributed by atoms with van der Waals surface area (Å²) in [6.07, 6.45) is -0.113. The Balaban J connectivity index is 3.71. The third-order valence-corrected chi connectivity index (χ3v) is 2.32. The smallest absolute Gasteiger partial charge is 0.276 e. The maximum absolute atomic E-state index is 10.7. The molecule has 0 saturated carbocycles. The van der Waals surface area contributed by atoms with E-state index >= 15 is 0 Å². The van der Waals surface area contributed by atoms with Crippen LogP contribution >= 0.6 is 0 Å². The fourth-order valence-corrected chi connectivity index (χ4v) is 0.981. The van der Waals surface area contributed by atoms with Gasteiger partial charge < -0.3 is 4.74 Å². The van der Waals surface area contributed by atoms with Crippen LogP contribution < -0.4 is 9.44 Å². The van der Waals surface area contributed by atoms with E-state index in [0.717, 1.165) is 0 Å². The zero-order valence-corrected chi connectivity index (χ0v) is 7.73. The average molecular weight is 182 g/mol. The van der Waals surface area contributed by atoms with E-state index in [4.69, 9.17) is 4.74 Å². The first-order chi connectivity index (χ1) is 5.02. The minimum atomic E-state index is -3.30. The van der Waals surface area contributed by atoms with Gasteiger partial charge in [0.2, 0.25) is 0 Å². The van der Waals surface area contributed by atoms with E-state index in [1.165, 1.54) is 14.2 Å². The molecule has 0 rings (SSSR count). The van der Waals surface area contributed by atoms with Crippen molar-refractivity contribution in [1.29, 1.82) is 0 Å². The highest BCUT2D eigenvalue weighted by Gasteiger charge is 2.07. The summed E-state index contributed by atoms with van der Waals surface area (Å²) in [4.78, 5) is 0. The highest BCUT2D eigenvalue weighted by atomic mass is 32.2. The molecule has 0 aromatic heterocycles. The summed E-state index contributed by atoms with van der Waals surface area (Å²) in [5, 5.41) is 0. The molecule has 0 aromatic rings. The second-order valence-corrected chi connectivity index (χ2v) is 3.81. The third-order valence-electron chi connectivity index (χ3n) is 1.23. The molecule has 1 unspecified atom stereocenters. The van der Waals surface area contributed by atoms with Gasteiger partial charge in [-0.15, -0.1) is 0 Å². The van der Waals surface area contributed by atoms with Crippen LogP contribution in [0.25, 0.3) is 0 Å². The van der Waals surface area contributed by atoms with E-state index in [1.807, 2.05) is 0 Å². The van der Waals surface area contributed by atoms with Gasteiger partial charge in [-0.05, 0) is 6.92 Å². The largest absolute Gasteiger partial charge is 0.380 e. The van der Waals surface area contributed by atoms with Crippen LogP contribution in [0.2, 0.25) is 0 Å². The topological polar surface area (TPSA) is 67.4 Å². The molecule has 6 heteroatoms. The van der Waals surface area contributed by atoms with E-state index < -0.39 is 10.2 Å². The molecular formula is C5H14N2O3S. The maximum atomic E-state index is 10.7. The Morgan fingerprint density at radius 1 is 1.55 bits per heavy atom. The molecule has 1 atom stereocenters. The predicted molar refractivity (Wildman–Crippen MR) is 42.5 cm³/mol. The standard InChI is InChI=1S/C5H14N2O3S/c1-5(10-3)4-7-11(8,9)6-2/h5-7H,4H2,1-3H3. The monoisotopic (exact) mass is 182 g/mol. The minimum absolute atomic E-state index is 0.113. The molecule has 68 valence electrons. The molecule has 0 radical (unpaired) electrons. The molecule has 0 aliphatic heterocycles. The molecule has 0 saturated heterocycles. The Bertz CT molecular complexity index is 190. The van der Waals surface area contributed by atoms with Gasteiger partial charge in [0, 0.05) is 20.7 Å². The highest BCUT2D eigenvalue weighted by Crippen LogP contribution is 1.84. The van der Waals surface area contributed by atoms with Crippen LogP contribution in [0.3, 0.4) is 0 Å². The Hall–Kier alpha value is -0.170. The van der Waals surface area contributed by atoms with Crippen LogP contribution in [0.15, 0.2) is 0 Å². The van der Waals surface area contributed by atoms with Crippen molar-refractivity contribution in [2.45, 2.75) is 13.0 Å². The van der Waals surface area contributed by atoms with E-state index in [0.29, 0.717) is 0 Å². The lowest BCUT2D eigenvalue weighted by molar-refractivity contribution is 0.122. The summed E-state index contributed by atoms with van der Waals surface area (Å²) in [7, 11) is -0.431. The Morgan fingerprint density at radius 2 is 2.09 bits per heavy atom. The van der Waals surface area contributed by atoms with Crippen molar-refractivity contribution >= 4 is 10.2 Å². The van der Waals surface area contributed by atoms with E-state index in [1.54, 1.807) is 6.92 Å². The van der Waals surface area contributed by atoms with Crippen LogP contribution in [0, 0.1) is 0 Å². The summed E-state index contributed by atoms with van der Waals surface area (Å²) in [6.45, 7) is 2.05. The molecule has 2 N–H and O–H groups in total. The molecule has 0 aromatic carbocycles. The maximum Gasteiger partial charge on any atom is 0.276 e. The van der Waals surface area contributed by atoms with Crippen LogP contribution in [-0.2, 0) is 14.9 Å². The molecule has 0 amide bonds. The van der Waals surface area contributed by atoms with Gasteiger partial charge in [0.05, 0.1) is 6.10 Å². The molecule has 0 bridgehead atoms. The first-order valence-corrected chi connectivity index (χ1v) is 4.71. The summed E-state index contributed by atoms with van der Waals surface area (Å²) in [5.74, 6) is 0. The number of methoxy groups -OCH3 is 1. The fourth-order valence-electron chi connectivity index (χ4n) is 0.383. The summed E-state index contributed by atoms with van der Waals surface area (Å²) in [6, 6.07) is 0. The zero-order valence-electron chi connectivity index (χ0n) is 6.92. The second-order valence-electron chi connectivity index (χ2n) is 2.10. The van der Waals surface area contributed by atoms with Gasteiger partial charge in [-0.25, -0.2) is 4.72 Å². The quantitative estimate of drug-likeness (QED) is 0.577. The summed E-state index contributed by atoms with van der Waals surface area (Å²) >= 11 is 0. The lowest BCUT2D eigenvalue weighted by atomic mass is 10.4. The lowest BCUT2D eigenvalue weighted by Gasteiger charge is -2.09. The molecule has 0 heterocycles. The van der Waals surface area contributed by atoms with Crippen molar-refractivity contribution < 1.29 is 13.2 Å². The number of hydrogen-bond acceptors (Lipinski definition) is 3. The number of ether oxygens (including phenoxy) is 1. The average Bonchev–Trinajstić information content (AvgIpc) is 2.00. The molecule has 0 spiro atoms. The van der Waals surface area contributed by atoms with Crippen molar-refractivity contribution in [2.24, 2.45) is 0 Å². The number of rotatable bonds is 5. The minimum Gasteiger partial charge on any atom is -0.380 e. The van der Waals surface area contributed by atoms with E-state index in [-0.39, 0.29) is 12.6 Å². The van der Waals surface area contributed by atoms with Gasteiger partial charge >= 0.3 is 0 Å². The lowest BCUT2D eigenvalue weighted by Crippen LogP contribution is -2.38. The van der Waals surface area contributed by atoms with Crippen molar-refractivity contribution in [3.63, 3.8) is 0 Å². The molecule has 0 aliphatic rings. The van der Waals surface area contributed by atoms with Crippen molar-refractivity contribution in [1.82, 2.24) is 9.44 Å². The Morgan fingerprint density at radius 3 is 2.45 bits per heavy atom. The highest BCUT2D eigenvalue weighted by molar-refractivity contribution is 7.87. The number of hydrogen-bond donors (Lipinski definition) is 2. The Labute approximate surface area is 67.3 Å². The fraction of sp³-hybridized carbons (Fsp3) is 1.00. The first kappa shape index (κ1) is 10.8. The van der Waals surface area contributed by atoms with Gasteiger partial charge in [-0.3, -0.25) is 0 Å². The van der Waals surface area contributed by atoms with Crippen LogP contribution in [0.5, 0.6) is 0 Å². The molecule has 0 aliphatic carbocycles. The summed E-state index contributed by atoms with van der Waals surface area (Å²) in [5.41, 5.74) is 0. The van der Waals surface area contributed by atoms with Gasteiger partial charge in [-0.2, -0.15) is 13.1 Å². The van der Waals surface area contributed by atoms with E-state index in [2.05, 4.69) is 9.44 Å².